The second kappa shape index (κ2) is 33.5. The number of aliphatic hydroxyl groups is 10. The Kier molecular flexibility index (Phi) is 30.0. The van der Waals surface area contributed by atoms with Crippen molar-refractivity contribution >= 4 is 12.0 Å². The maximum absolute atomic E-state index is 13.1. The number of nitrogens with one attached hydrogen (secondary N) is 3. The molecule has 0 spiro atoms. The maximum atomic E-state index is 13.1. The maximum Gasteiger partial charge on any atom is 0.329 e. The van der Waals surface area contributed by atoms with Crippen LogP contribution in [0.1, 0.15) is 92.9 Å². The molecule has 0 bridgehead atoms. The topological polar surface area (TPSA) is 339 Å². The van der Waals surface area contributed by atoms with E-state index in [1.54, 1.807) is 51.2 Å². The van der Waals surface area contributed by atoms with Gasteiger partial charge >= 0.3 is 12.0 Å². The molecular formula is C51H89N5O16. The lowest BCUT2D eigenvalue weighted by molar-refractivity contribution is -0.303. The predicted molar refractivity (Wildman–Crippen MR) is 270 cm³/mol. The van der Waals surface area contributed by atoms with Crippen molar-refractivity contribution in [2.45, 2.75) is 196 Å². The first-order valence-corrected chi connectivity index (χ1v) is 25.1. The van der Waals surface area contributed by atoms with Crippen molar-refractivity contribution in [1.82, 2.24) is 21.1 Å². The summed E-state index contributed by atoms with van der Waals surface area (Å²) in [6.45, 7) is 11.5. The molecule has 414 valence electrons. The number of amides is 2. The van der Waals surface area contributed by atoms with E-state index in [9.17, 15) is 60.7 Å². The van der Waals surface area contributed by atoms with Gasteiger partial charge < -0.3 is 86.0 Å². The summed E-state index contributed by atoms with van der Waals surface area (Å²) in [4.78, 5) is 27.6. The zero-order valence-electron chi connectivity index (χ0n) is 43.3. The molecule has 2 amide bonds. The first kappa shape index (κ1) is 64.7. The van der Waals surface area contributed by atoms with E-state index in [-0.39, 0.29) is 31.6 Å². The third kappa shape index (κ3) is 23.8. The van der Waals surface area contributed by atoms with Crippen LogP contribution in [0.15, 0.2) is 72.9 Å². The number of carbonyl (C=O) groups excluding carboxylic acids is 2. The minimum absolute atomic E-state index is 0.0958. The van der Waals surface area contributed by atoms with Gasteiger partial charge in [-0.25, -0.2) is 10.2 Å². The number of allylic oxidation sites excluding steroid dienone is 10. The van der Waals surface area contributed by atoms with Crippen LogP contribution in [0, 0.1) is 11.8 Å². The van der Waals surface area contributed by atoms with Crippen LogP contribution >= 0.6 is 0 Å². The van der Waals surface area contributed by atoms with Crippen LogP contribution in [-0.4, -0.2) is 199 Å². The number of ether oxygens (including phenoxy) is 4. The van der Waals surface area contributed by atoms with Gasteiger partial charge in [-0.3, -0.25) is 10.2 Å². The smallest absolute Gasteiger partial charge is 0.329 e. The van der Waals surface area contributed by atoms with E-state index in [2.05, 4.69) is 16.2 Å². The number of likely N-dealkylation sites (N-methyl/N-ethyl adjacent to an activating group) is 1. The van der Waals surface area contributed by atoms with Crippen LogP contribution in [0.4, 0.5) is 4.79 Å². The number of hydrazine groups is 1. The highest BCUT2D eigenvalue weighted by molar-refractivity contribution is 5.73. The summed E-state index contributed by atoms with van der Waals surface area (Å²) >= 11 is 0. The summed E-state index contributed by atoms with van der Waals surface area (Å²) in [7, 11) is 3.72. The third-order valence-corrected chi connectivity index (χ3v) is 12.8. The van der Waals surface area contributed by atoms with Gasteiger partial charge in [0.15, 0.2) is 12.1 Å². The SMILES string of the molecule is C/C=C/C=C/C=C/C=C/[C@@H](C[C@@H]1O[C@](O)(C[C@@H](O)C[C@@H](O)[C@H](O)CC[C@@H](O)C[C@@H](O)CC(=O)O[C@@H](C)[C@H](C)[C@H](O)[C@@H](C)/C=C/C=C/C)C[C@H](O)[C@H]1NC(=O)NNCCN(C)C)O[C@@H]1O[C@H](C)[C@@H](O)[C@H](N)[C@@H]1O. The Bertz CT molecular complexity index is 1740. The Labute approximate surface area is 425 Å². The van der Waals surface area contributed by atoms with E-state index in [1.807, 2.05) is 82.3 Å². The van der Waals surface area contributed by atoms with Crippen LogP contribution in [0.25, 0.3) is 0 Å². The summed E-state index contributed by atoms with van der Waals surface area (Å²) in [5.41, 5.74) is 11.4. The average molecular weight is 1030 g/mol. The lowest BCUT2D eigenvalue weighted by Crippen LogP contribution is -2.64. The Morgan fingerprint density at radius 2 is 1.46 bits per heavy atom. The molecule has 0 aliphatic carbocycles. The molecule has 72 heavy (non-hydrogen) atoms. The highest BCUT2D eigenvalue weighted by atomic mass is 16.7. The lowest BCUT2D eigenvalue weighted by atomic mass is 9.87. The fraction of sp³-hybridized carbons (Fsp3) is 0.725. The van der Waals surface area contributed by atoms with Crippen molar-refractivity contribution in [1.29, 1.82) is 0 Å². The van der Waals surface area contributed by atoms with Crippen LogP contribution < -0.4 is 21.9 Å². The highest BCUT2D eigenvalue weighted by Gasteiger charge is 2.49. The number of esters is 1. The van der Waals surface area contributed by atoms with Gasteiger partial charge in [0.05, 0.1) is 85.6 Å². The van der Waals surface area contributed by atoms with Gasteiger partial charge in [0.1, 0.15) is 12.2 Å². The second-order valence-electron chi connectivity index (χ2n) is 19.5. The van der Waals surface area contributed by atoms with Gasteiger partial charge in [0, 0.05) is 50.6 Å². The van der Waals surface area contributed by atoms with Gasteiger partial charge in [-0.05, 0) is 61.1 Å². The Balaban J connectivity index is 2.15. The van der Waals surface area contributed by atoms with E-state index in [1.165, 1.54) is 0 Å². The molecule has 15 N–H and O–H groups in total. The fourth-order valence-corrected chi connectivity index (χ4v) is 8.28. The molecular weight excluding hydrogens is 939 g/mol. The molecule has 21 heteroatoms. The van der Waals surface area contributed by atoms with Gasteiger partial charge in [-0.15, -0.1) is 0 Å². The van der Waals surface area contributed by atoms with E-state index in [0.29, 0.717) is 13.1 Å². The molecule has 0 aromatic carbocycles. The number of aliphatic hydroxyl groups excluding tert-OH is 9. The van der Waals surface area contributed by atoms with Crippen molar-refractivity contribution in [2.24, 2.45) is 17.6 Å². The van der Waals surface area contributed by atoms with Crippen molar-refractivity contribution in [3.63, 3.8) is 0 Å². The number of nitrogens with two attached hydrogens (primary N) is 1. The summed E-state index contributed by atoms with van der Waals surface area (Å²) < 4.78 is 23.7. The van der Waals surface area contributed by atoms with E-state index >= 15 is 0 Å². The van der Waals surface area contributed by atoms with Gasteiger partial charge in [0.25, 0.3) is 0 Å². The third-order valence-electron chi connectivity index (χ3n) is 12.8. The first-order valence-electron chi connectivity index (χ1n) is 25.1. The van der Waals surface area contributed by atoms with Gasteiger partial charge in [-0.2, -0.15) is 0 Å². The van der Waals surface area contributed by atoms with Gasteiger partial charge in [-0.1, -0.05) is 86.8 Å². The number of hydrogen-bond acceptors (Lipinski definition) is 19. The number of nitrogens with zero attached hydrogens (tertiary/aromatic N) is 1. The number of hydrogen-bond donors (Lipinski definition) is 14. The molecule has 19 atom stereocenters. The van der Waals surface area contributed by atoms with Crippen LogP contribution in [0.3, 0.4) is 0 Å². The monoisotopic (exact) mass is 1030 g/mol. The zero-order valence-corrected chi connectivity index (χ0v) is 43.3. The van der Waals surface area contributed by atoms with Crippen molar-refractivity contribution in [3.8, 4) is 0 Å². The number of carbonyl (C=O) groups is 2. The van der Waals surface area contributed by atoms with E-state index in [0.717, 1.165) is 0 Å². The Morgan fingerprint density at radius 1 is 0.833 bits per heavy atom. The molecule has 0 aromatic rings. The van der Waals surface area contributed by atoms with Crippen molar-refractivity contribution in [3.05, 3.63) is 72.9 Å². The fourth-order valence-electron chi connectivity index (χ4n) is 8.28. The van der Waals surface area contributed by atoms with E-state index < -0.39 is 147 Å². The lowest BCUT2D eigenvalue weighted by Gasteiger charge is -2.46. The molecule has 0 aromatic heterocycles. The molecule has 2 heterocycles. The normalized spacial score (nSPS) is 29.7. The number of rotatable bonds is 31. The van der Waals surface area contributed by atoms with Crippen LogP contribution in [-0.2, 0) is 23.7 Å². The molecule has 2 aliphatic rings. The standard InChI is InChI=1S/C51H89N5O16/c1-9-11-13-14-15-16-18-20-38(71-49-48(66)44(52)47(65)34(6)70-49)28-42-45(54-50(67)55-53-23-24-56(7)8)41(62)30-51(68,72-42)29-37(59)26-40(61)39(60)22-21-35(57)25-36(58)27-43(63)69-33(5)32(4)46(64)31(3)19-17-12-10-2/h9-20,31-42,44-49,53,57-62,64-66,68H,21-30,52H2,1-8H3,(H2,54,55,67)/b11-9+,12-10+,14-13+,16-15+,19-17+,20-18+/t31-,32-,33-,34+,35+,36+,37-,38-,39+,40+,41-,42-,44-,45+,46+,47+,48-,49-,51+/m0/s1. The Morgan fingerprint density at radius 3 is 2.11 bits per heavy atom. The van der Waals surface area contributed by atoms with Crippen LogP contribution in [0.5, 0.6) is 0 Å². The quantitative estimate of drug-likeness (QED) is 0.0191. The average Bonchev–Trinajstić information content (AvgIpc) is 3.30. The zero-order chi connectivity index (χ0) is 54.1. The summed E-state index contributed by atoms with van der Waals surface area (Å²) in [6, 6.07) is -3.04. The summed E-state index contributed by atoms with van der Waals surface area (Å²) in [5.74, 6) is -3.60. The van der Waals surface area contributed by atoms with Crippen LogP contribution in [0.2, 0.25) is 0 Å². The first-order chi connectivity index (χ1) is 33.9. The van der Waals surface area contributed by atoms with Crippen molar-refractivity contribution < 1.29 is 79.6 Å². The molecule has 0 radical (unpaired) electrons. The molecule has 2 aliphatic heterocycles. The van der Waals surface area contributed by atoms with E-state index in [4.69, 9.17) is 24.7 Å². The second-order valence-corrected chi connectivity index (χ2v) is 19.5. The van der Waals surface area contributed by atoms with Gasteiger partial charge in [0.2, 0.25) is 0 Å². The molecule has 0 saturated carbocycles. The molecule has 2 rings (SSSR count). The summed E-state index contributed by atoms with van der Waals surface area (Å²) in [5, 5.41) is 112. The molecule has 0 unspecified atom stereocenters. The highest BCUT2D eigenvalue weighted by Crippen LogP contribution is 2.35. The molecule has 2 fully saturated rings. The molecule has 21 nitrogen and oxygen atoms in total. The number of urea groups is 1. The minimum Gasteiger partial charge on any atom is -0.462 e. The molecule has 2 saturated heterocycles. The minimum atomic E-state index is -2.26. The largest absolute Gasteiger partial charge is 0.462 e. The Hall–Kier alpha value is -3.46. The van der Waals surface area contributed by atoms with Crippen molar-refractivity contribution in [2.75, 3.05) is 27.2 Å². The summed E-state index contributed by atoms with van der Waals surface area (Å²) in [6.07, 6.45) is 1.65. The predicted octanol–water partition coefficient (Wildman–Crippen LogP) is 0.215.